The molecule has 5 aromatic rings. The molecule has 0 aliphatic carbocycles. The molecule has 0 saturated heterocycles. The monoisotopic (exact) mass is 407 g/mol. The Labute approximate surface area is 179 Å². The summed E-state index contributed by atoms with van der Waals surface area (Å²) in [4.78, 5) is 18.5. The molecule has 2 heterocycles. The Bertz CT molecular complexity index is 1450. The second kappa shape index (κ2) is 7.57. The van der Waals surface area contributed by atoms with E-state index >= 15 is 0 Å². The van der Waals surface area contributed by atoms with Crippen LogP contribution in [0.2, 0.25) is 0 Å². The van der Waals surface area contributed by atoms with E-state index in [1.54, 1.807) is 15.4 Å². The van der Waals surface area contributed by atoms with Crippen LogP contribution in [0.1, 0.15) is 11.1 Å². The lowest BCUT2D eigenvalue weighted by Crippen LogP contribution is -2.23. The number of benzene rings is 3. The van der Waals surface area contributed by atoms with Gasteiger partial charge < -0.3 is 5.32 Å². The number of rotatable bonds is 4. The second-order valence-corrected chi connectivity index (χ2v) is 7.43. The maximum absolute atomic E-state index is 13.7. The van der Waals surface area contributed by atoms with Gasteiger partial charge in [-0.2, -0.15) is 10.1 Å². The third-order valence-corrected chi connectivity index (χ3v) is 5.35. The van der Waals surface area contributed by atoms with Crippen molar-refractivity contribution in [3.8, 4) is 11.4 Å². The minimum absolute atomic E-state index is 0.169. The molecular formula is C25H21N5O. The number of aromatic nitrogens is 4. The van der Waals surface area contributed by atoms with E-state index in [2.05, 4.69) is 10.4 Å². The topological polar surface area (TPSA) is 64.7 Å². The highest BCUT2D eigenvalue weighted by Crippen LogP contribution is 2.24. The average molecular weight is 407 g/mol. The summed E-state index contributed by atoms with van der Waals surface area (Å²) in [6, 6.07) is 25.4. The summed E-state index contributed by atoms with van der Waals surface area (Å²) in [5, 5.41) is 8.30. The van der Waals surface area contributed by atoms with Gasteiger partial charge in [-0.1, -0.05) is 54.6 Å². The van der Waals surface area contributed by atoms with E-state index in [0.29, 0.717) is 17.0 Å². The molecule has 0 unspecified atom stereocenters. The zero-order valence-electron chi connectivity index (χ0n) is 17.3. The molecule has 6 nitrogen and oxygen atoms in total. The van der Waals surface area contributed by atoms with Crippen LogP contribution in [-0.4, -0.2) is 19.3 Å². The van der Waals surface area contributed by atoms with Gasteiger partial charge in [-0.25, -0.2) is 9.25 Å². The molecule has 2 aromatic heterocycles. The molecule has 152 valence electrons. The summed E-state index contributed by atoms with van der Waals surface area (Å²) in [6.07, 6.45) is 1.59. The molecule has 0 aliphatic rings. The molecule has 5 rings (SSSR count). The van der Waals surface area contributed by atoms with Gasteiger partial charge in [-0.15, -0.1) is 0 Å². The smallest absolute Gasteiger partial charge is 0.270 e. The van der Waals surface area contributed by atoms with Crippen LogP contribution in [-0.2, 0) is 0 Å². The minimum atomic E-state index is -0.169. The Morgan fingerprint density at radius 2 is 1.48 bits per heavy atom. The first-order chi connectivity index (χ1) is 15.1. The van der Waals surface area contributed by atoms with Gasteiger partial charge in [0.2, 0.25) is 5.95 Å². The van der Waals surface area contributed by atoms with Gasteiger partial charge in [0.25, 0.3) is 5.56 Å². The van der Waals surface area contributed by atoms with Crippen LogP contribution in [0.5, 0.6) is 0 Å². The molecule has 3 aromatic carbocycles. The normalized spacial score (nSPS) is 11.0. The third kappa shape index (κ3) is 3.28. The standard InChI is InChI=1S/C25H21N5O/c1-17-10-6-8-14-21(17)27-25-28-23-20(16-26-30(23)19-12-4-3-5-13-19)24(31)29(25)22-15-9-7-11-18(22)2/h3-16H,1-2H3,(H,27,28). The number of nitrogens with zero attached hydrogens (tertiary/aromatic N) is 4. The van der Waals surface area contributed by atoms with E-state index in [1.807, 2.05) is 92.7 Å². The van der Waals surface area contributed by atoms with Crippen molar-refractivity contribution in [1.29, 1.82) is 0 Å². The van der Waals surface area contributed by atoms with Crippen LogP contribution in [0.3, 0.4) is 0 Å². The largest absolute Gasteiger partial charge is 0.325 e. The molecule has 0 bridgehead atoms. The summed E-state index contributed by atoms with van der Waals surface area (Å²) >= 11 is 0. The van der Waals surface area contributed by atoms with Gasteiger partial charge in [-0.3, -0.25) is 4.79 Å². The summed E-state index contributed by atoms with van der Waals surface area (Å²) in [6.45, 7) is 4.00. The molecule has 0 saturated carbocycles. The van der Waals surface area contributed by atoms with Gasteiger partial charge in [-0.05, 0) is 49.2 Å². The lowest BCUT2D eigenvalue weighted by molar-refractivity contribution is 0.887. The van der Waals surface area contributed by atoms with Gasteiger partial charge in [0.05, 0.1) is 17.6 Å². The van der Waals surface area contributed by atoms with Crippen molar-refractivity contribution in [2.24, 2.45) is 0 Å². The lowest BCUT2D eigenvalue weighted by Gasteiger charge is -2.17. The van der Waals surface area contributed by atoms with Crippen LogP contribution in [0.4, 0.5) is 11.6 Å². The molecule has 0 atom stereocenters. The minimum Gasteiger partial charge on any atom is -0.325 e. The van der Waals surface area contributed by atoms with Gasteiger partial charge >= 0.3 is 0 Å². The van der Waals surface area contributed by atoms with Gasteiger partial charge in [0.1, 0.15) is 5.39 Å². The maximum Gasteiger partial charge on any atom is 0.270 e. The summed E-state index contributed by atoms with van der Waals surface area (Å²) < 4.78 is 3.32. The van der Waals surface area contributed by atoms with Crippen LogP contribution < -0.4 is 10.9 Å². The van der Waals surface area contributed by atoms with E-state index in [0.717, 1.165) is 28.2 Å². The van der Waals surface area contributed by atoms with Crippen molar-refractivity contribution in [3.05, 3.63) is 107 Å². The van der Waals surface area contributed by atoms with Crippen molar-refractivity contribution in [2.75, 3.05) is 5.32 Å². The number of fused-ring (bicyclic) bond motifs is 1. The molecular weight excluding hydrogens is 386 g/mol. The Balaban J connectivity index is 1.80. The Morgan fingerprint density at radius 3 is 2.23 bits per heavy atom. The first-order valence-electron chi connectivity index (χ1n) is 10.1. The van der Waals surface area contributed by atoms with Crippen LogP contribution >= 0.6 is 0 Å². The average Bonchev–Trinajstić information content (AvgIpc) is 3.21. The quantitative estimate of drug-likeness (QED) is 0.459. The van der Waals surface area contributed by atoms with E-state index in [-0.39, 0.29) is 5.56 Å². The number of hydrogen-bond donors (Lipinski definition) is 1. The fraction of sp³-hybridized carbons (Fsp3) is 0.0800. The fourth-order valence-electron chi connectivity index (χ4n) is 3.68. The number of nitrogens with one attached hydrogen (secondary N) is 1. The number of anilines is 2. The van der Waals surface area contributed by atoms with Crippen LogP contribution in [0.15, 0.2) is 89.9 Å². The Hall–Kier alpha value is -4.19. The summed E-state index contributed by atoms with van der Waals surface area (Å²) in [5.41, 5.74) is 4.90. The van der Waals surface area contributed by atoms with Gasteiger partial charge in [0.15, 0.2) is 5.65 Å². The highest BCUT2D eigenvalue weighted by molar-refractivity contribution is 5.78. The second-order valence-electron chi connectivity index (χ2n) is 7.43. The third-order valence-electron chi connectivity index (χ3n) is 5.35. The SMILES string of the molecule is Cc1ccccc1Nc1nc2c(cnn2-c2ccccc2)c(=O)n1-c1ccccc1C. The van der Waals surface area contributed by atoms with Crippen molar-refractivity contribution in [3.63, 3.8) is 0 Å². The van der Waals surface area contributed by atoms with E-state index in [1.165, 1.54) is 0 Å². The molecule has 0 aliphatic heterocycles. The van der Waals surface area contributed by atoms with Crippen molar-refractivity contribution in [2.45, 2.75) is 13.8 Å². The lowest BCUT2D eigenvalue weighted by atomic mass is 10.2. The Morgan fingerprint density at radius 1 is 0.806 bits per heavy atom. The van der Waals surface area contributed by atoms with E-state index < -0.39 is 0 Å². The van der Waals surface area contributed by atoms with Crippen molar-refractivity contribution >= 4 is 22.7 Å². The molecule has 6 heteroatoms. The summed E-state index contributed by atoms with van der Waals surface area (Å²) in [5.74, 6) is 0.443. The predicted molar refractivity (Wildman–Crippen MR) is 124 cm³/mol. The van der Waals surface area contributed by atoms with Crippen LogP contribution in [0.25, 0.3) is 22.4 Å². The van der Waals surface area contributed by atoms with Crippen molar-refractivity contribution < 1.29 is 0 Å². The molecule has 0 fully saturated rings. The first kappa shape index (κ1) is 18.8. The van der Waals surface area contributed by atoms with Crippen LogP contribution in [0, 0.1) is 13.8 Å². The maximum atomic E-state index is 13.7. The van der Waals surface area contributed by atoms with Gasteiger partial charge in [0, 0.05) is 5.69 Å². The number of aryl methyl sites for hydroxylation is 2. The van der Waals surface area contributed by atoms with E-state index in [9.17, 15) is 4.79 Å². The molecule has 0 radical (unpaired) electrons. The zero-order chi connectivity index (χ0) is 21.4. The molecule has 0 amide bonds. The highest BCUT2D eigenvalue weighted by Gasteiger charge is 2.18. The number of para-hydroxylation sites is 3. The van der Waals surface area contributed by atoms with E-state index in [4.69, 9.17) is 4.98 Å². The zero-order valence-corrected chi connectivity index (χ0v) is 17.3. The molecule has 31 heavy (non-hydrogen) atoms. The van der Waals surface area contributed by atoms with Crippen molar-refractivity contribution in [1.82, 2.24) is 19.3 Å². The predicted octanol–water partition coefficient (Wildman–Crippen LogP) is 4.93. The Kier molecular flexibility index (Phi) is 4.59. The molecule has 1 N–H and O–H groups in total. The number of hydrogen-bond acceptors (Lipinski definition) is 4. The first-order valence-corrected chi connectivity index (χ1v) is 10.1. The molecule has 0 spiro atoms. The summed E-state index contributed by atoms with van der Waals surface area (Å²) in [7, 11) is 0. The fourth-order valence-corrected chi connectivity index (χ4v) is 3.68. The highest BCUT2D eigenvalue weighted by atomic mass is 16.1.